The summed E-state index contributed by atoms with van der Waals surface area (Å²) in [6.07, 6.45) is 2.99. The molecule has 0 saturated carbocycles. The number of hydrogen-bond donors (Lipinski definition) is 1. The number of carbonyl (C=O) groups excluding carboxylic acids is 1. The summed E-state index contributed by atoms with van der Waals surface area (Å²) in [5.41, 5.74) is 1.16. The standard InChI is InChI=1S/C23H30N2O5S/c1-29-20-10-12-22(13-11-20)31(27,28)25-15-5-8-19(17-25)23(26)24-14-4-7-18-6-3-9-21(16-18)30-2/h3,6,9-13,16,19H,4-5,7-8,14-15,17H2,1-2H3,(H,24,26)/t19-/m1/s1. The van der Waals surface area contributed by atoms with Crippen LogP contribution in [0.15, 0.2) is 53.4 Å². The zero-order valence-electron chi connectivity index (χ0n) is 18.0. The van der Waals surface area contributed by atoms with Crippen LogP contribution in [0.1, 0.15) is 24.8 Å². The molecule has 3 rings (SSSR count). The molecule has 0 spiro atoms. The van der Waals surface area contributed by atoms with E-state index in [0.29, 0.717) is 31.7 Å². The van der Waals surface area contributed by atoms with Crippen molar-refractivity contribution in [2.45, 2.75) is 30.6 Å². The summed E-state index contributed by atoms with van der Waals surface area (Å²) in [6.45, 7) is 1.18. The first-order chi connectivity index (χ1) is 14.9. The molecule has 1 fully saturated rings. The van der Waals surface area contributed by atoms with Gasteiger partial charge in [-0.1, -0.05) is 12.1 Å². The van der Waals surface area contributed by atoms with Crippen molar-refractivity contribution in [3.63, 3.8) is 0 Å². The lowest BCUT2D eigenvalue weighted by molar-refractivity contribution is -0.126. The van der Waals surface area contributed by atoms with E-state index in [4.69, 9.17) is 9.47 Å². The second-order valence-electron chi connectivity index (χ2n) is 7.62. The Kier molecular flexibility index (Phi) is 7.92. The maximum atomic E-state index is 13.0. The third-order valence-electron chi connectivity index (χ3n) is 5.53. The Morgan fingerprint density at radius 2 is 1.84 bits per heavy atom. The van der Waals surface area contributed by atoms with Gasteiger partial charge < -0.3 is 14.8 Å². The molecule has 1 atom stereocenters. The third-order valence-corrected chi connectivity index (χ3v) is 7.41. The predicted molar refractivity (Wildman–Crippen MR) is 119 cm³/mol. The van der Waals surface area contributed by atoms with Crippen molar-refractivity contribution in [1.82, 2.24) is 9.62 Å². The summed E-state index contributed by atoms with van der Waals surface area (Å²) in [7, 11) is -0.459. The van der Waals surface area contributed by atoms with Gasteiger partial charge in [0.2, 0.25) is 15.9 Å². The fourth-order valence-corrected chi connectivity index (χ4v) is 5.27. The van der Waals surface area contributed by atoms with Crippen LogP contribution in [-0.4, -0.2) is 52.5 Å². The number of rotatable bonds is 9. The first-order valence-electron chi connectivity index (χ1n) is 10.5. The number of ether oxygens (including phenoxy) is 2. The molecular formula is C23H30N2O5S. The Labute approximate surface area is 184 Å². The van der Waals surface area contributed by atoms with E-state index >= 15 is 0 Å². The highest BCUT2D eigenvalue weighted by Gasteiger charge is 2.33. The largest absolute Gasteiger partial charge is 0.497 e. The lowest BCUT2D eigenvalue weighted by Gasteiger charge is -2.31. The van der Waals surface area contributed by atoms with Gasteiger partial charge in [-0.15, -0.1) is 0 Å². The summed E-state index contributed by atoms with van der Waals surface area (Å²) in [6, 6.07) is 14.2. The zero-order valence-corrected chi connectivity index (χ0v) is 18.9. The van der Waals surface area contributed by atoms with Gasteiger partial charge in [0, 0.05) is 19.6 Å². The van der Waals surface area contributed by atoms with Crippen molar-refractivity contribution in [3.05, 3.63) is 54.1 Å². The minimum Gasteiger partial charge on any atom is -0.497 e. The Hall–Kier alpha value is -2.58. The van der Waals surface area contributed by atoms with Crippen LogP contribution in [0.5, 0.6) is 11.5 Å². The molecule has 0 aliphatic carbocycles. The zero-order chi connectivity index (χ0) is 22.3. The van der Waals surface area contributed by atoms with Crippen molar-refractivity contribution < 1.29 is 22.7 Å². The lowest BCUT2D eigenvalue weighted by atomic mass is 9.99. The van der Waals surface area contributed by atoms with Gasteiger partial charge in [-0.05, 0) is 67.6 Å². The number of benzene rings is 2. The summed E-state index contributed by atoms with van der Waals surface area (Å²) in [5.74, 6) is 1.00. The van der Waals surface area contributed by atoms with Gasteiger partial charge in [0.1, 0.15) is 11.5 Å². The molecule has 8 heteroatoms. The normalized spacial score (nSPS) is 17.2. The molecule has 1 aliphatic heterocycles. The average molecular weight is 447 g/mol. The van der Waals surface area contributed by atoms with E-state index in [2.05, 4.69) is 5.32 Å². The highest BCUT2D eigenvalue weighted by Crippen LogP contribution is 2.25. The monoisotopic (exact) mass is 446 g/mol. The molecule has 1 amide bonds. The maximum Gasteiger partial charge on any atom is 0.243 e. The molecule has 0 aromatic heterocycles. The number of nitrogens with zero attached hydrogens (tertiary/aromatic N) is 1. The fraction of sp³-hybridized carbons (Fsp3) is 0.435. The van der Waals surface area contributed by atoms with E-state index in [9.17, 15) is 13.2 Å². The lowest BCUT2D eigenvalue weighted by Crippen LogP contribution is -2.45. The van der Waals surface area contributed by atoms with E-state index in [0.717, 1.165) is 24.2 Å². The van der Waals surface area contributed by atoms with Gasteiger partial charge in [-0.2, -0.15) is 4.31 Å². The van der Waals surface area contributed by atoms with Crippen LogP contribution in [0.3, 0.4) is 0 Å². The van der Waals surface area contributed by atoms with Crippen molar-refractivity contribution in [2.75, 3.05) is 33.9 Å². The molecule has 0 unspecified atom stereocenters. The third kappa shape index (κ3) is 5.98. The topological polar surface area (TPSA) is 84.9 Å². The van der Waals surface area contributed by atoms with E-state index in [1.807, 2.05) is 24.3 Å². The molecule has 1 heterocycles. The number of piperidine rings is 1. The number of carbonyl (C=O) groups is 1. The van der Waals surface area contributed by atoms with E-state index in [1.165, 1.54) is 23.5 Å². The first kappa shape index (κ1) is 23.1. The molecule has 31 heavy (non-hydrogen) atoms. The van der Waals surface area contributed by atoms with Gasteiger partial charge in [0.05, 0.1) is 25.0 Å². The first-order valence-corrected chi connectivity index (χ1v) is 11.9. The number of methoxy groups -OCH3 is 2. The number of amides is 1. The average Bonchev–Trinajstić information content (AvgIpc) is 2.82. The molecule has 1 saturated heterocycles. The second kappa shape index (κ2) is 10.6. The maximum absolute atomic E-state index is 13.0. The highest BCUT2D eigenvalue weighted by atomic mass is 32.2. The number of hydrogen-bond acceptors (Lipinski definition) is 5. The van der Waals surface area contributed by atoms with E-state index in [1.54, 1.807) is 19.2 Å². The fourth-order valence-electron chi connectivity index (χ4n) is 3.75. The Balaban J connectivity index is 1.51. The van der Waals surface area contributed by atoms with Crippen LogP contribution < -0.4 is 14.8 Å². The van der Waals surface area contributed by atoms with Crippen molar-refractivity contribution in [2.24, 2.45) is 5.92 Å². The smallest absolute Gasteiger partial charge is 0.243 e. The highest BCUT2D eigenvalue weighted by molar-refractivity contribution is 7.89. The van der Waals surface area contributed by atoms with Gasteiger partial charge >= 0.3 is 0 Å². The van der Waals surface area contributed by atoms with E-state index in [-0.39, 0.29) is 23.3 Å². The summed E-state index contributed by atoms with van der Waals surface area (Å²) >= 11 is 0. The summed E-state index contributed by atoms with van der Waals surface area (Å²) in [5, 5.41) is 2.97. The second-order valence-corrected chi connectivity index (χ2v) is 9.56. The van der Waals surface area contributed by atoms with Crippen molar-refractivity contribution in [3.8, 4) is 11.5 Å². The van der Waals surface area contributed by atoms with Gasteiger partial charge in [-0.3, -0.25) is 4.79 Å². The SMILES string of the molecule is COc1ccc(S(=O)(=O)N2CCC[C@@H](C(=O)NCCCc3cccc(OC)c3)C2)cc1. The molecule has 0 bridgehead atoms. The summed E-state index contributed by atoms with van der Waals surface area (Å²) in [4.78, 5) is 12.8. The van der Waals surface area contributed by atoms with Gasteiger partial charge in [-0.25, -0.2) is 8.42 Å². The van der Waals surface area contributed by atoms with Crippen LogP contribution in [-0.2, 0) is 21.2 Å². The molecule has 168 valence electrons. The van der Waals surface area contributed by atoms with Gasteiger partial charge in [0.15, 0.2) is 0 Å². The quantitative estimate of drug-likeness (QED) is 0.599. The van der Waals surface area contributed by atoms with Crippen LogP contribution in [0.2, 0.25) is 0 Å². The predicted octanol–water partition coefficient (Wildman–Crippen LogP) is 2.85. The molecule has 2 aromatic carbocycles. The number of nitrogens with one attached hydrogen (secondary N) is 1. The Morgan fingerprint density at radius 1 is 1.10 bits per heavy atom. The van der Waals surface area contributed by atoms with Crippen LogP contribution in [0.4, 0.5) is 0 Å². The molecule has 7 nitrogen and oxygen atoms in total. The van der Waals surface area contributed by atoms with Crippen molar-refractivity contribution in [1.29, 1.82) is 0 Å². The minimum absolute atomic E-state index is 0.0831. The van der Waals surface area contributed by atoms with Crippen molar-refractivity contribution >= 4 is 15.9 Å². The number of aryl methyl sites for hydroxylation is 1. The molecular weight excluding hydrogens is 416 g/mol. The molecule has 1 N–H and O–H groups in total. The van der Waals surface area contributed by atoms with Crippen LogP contribution >= 0.6 is 0 Å². The van der Waals surface area contributed by atoms with Crippen LogP contribution in [0.25, 0.3) is 0 Å². The Bertz CT molecular complexity index is 976. The van der Waals surface area contributed by atoms with Gasteiger partial charge in [0.25, 0.3) is 0 Å². The van der Waals surface area contributed by atoms with E-state index < -0.39 is 10.0 Å². The minimum atomic E-state index is -3.64. The summed E-state index contributed by atoms with van der Waals surface area (Å²) < 4.78 is 37.7. The molecule has 2 aromatic rings. The molecule has 1 aliphatic rings. The number of sulfonamides is 1. The molecule has 0 radical (unpaired) electrons. The van der Waals surface area contributed by atoms with Crippen LogP contribution in [0, 0.1) is 5.92 Å². The Morgan fingerprint density at radius 3 is 2.55 bits per heavy atom.